The van der Waals surface area contributed by atoms with E-state index in [1.165, 1.54) is 45.3 Å². The maximum absolute atomic E-state index is 6.15. The molecule has 15 heavy (non-hydrogen) atoms. The van der Waals surface area contributed by atoms with Gasteiger partial charge in [-0.15, -0.1) is 11.6 Å². The molecule has 2 heteroatoms. The molecule has 1 aliphatic heterocycles. The van der Waals surface area contributed by atoms with Gasteiger partial charge >= 0.3 is 0 Å². The number of rotatable bonds is 5. The molecule has 0 spiro atoms. The summed E-state index contributed by atoms with van der Waals surface area (Å²) in [6.45, 7) is 10.6. The van der Waals surface area contributed by atoms with Gasteiger partial charge in [-0.25, -0.2) is 0 Å². The van der Waals surface area contributed by atoms with E-state index < -0.39 is 0 Å². The van der Waals surface area contributed by atoms with Crippen molar-refractivity contribution in [1.29, 1.82) is 0 Å². The molecule has 0 amide bonds. The molecule has 0 aromatic rings. The van der Waals surface area contributed by atoms with Gasteiger partial charge in [0.05, 0.1) is 0 Å². The molecule has 0 N–H and O–H groups in total. The Kier molecular flexibility index (Phi) is 5.99. The minimum Gasteiger partial charge on any atom is -0.303 e. The molecule has 0 aliphatic carbocycles. The fourth-order valence-corrected chi connectivity index (χ4v) is 2.76. The van der Waals surface area contributed by atoms with Gasteiger partial charge in [-0.2, -0.15) is 0 Å². The summed E-state index contributed by atoms with van der Waals surface area (Å²) in [6, 6.07) is 0. The van der Waals surface area contributed by atoms with E-state index in [2.05, 4.69) is 25.7 Å². The van der Waals surface area contributed by atoms with Crippen LogP contribution in [0.2, 0.25) is 0 Å². The second-order valence-corrected chi connectivity index (χ2v) is 5.69. The first kappa shape index (κ1) is 13.3. The van der Waals surface area contributed by atoms with Crippen molar-refractivity contribution in [3.63, 3.8) is 0 Å². The van der Waals surface area contributed by atoms with Gasteiger partial charge < -0.3 is 4.90 Å². The van der Waals surface area contributed by atoms with Gasteiger partial charge in [0.15, 0.2) is 0 Å². The predicted molar refractivity (Wildman–Crippen MR) is 68.6 cm³/mol. The summed E-state index contributed by atoms with van der Waals surface area (Å²) in [5, 5.41) is 0.361. The Labute approximate surface area is 100 Å². The highest BCUT2D eigenvalue weighted by Crippen LogP contribution is 2.24. The van der Waals surface area contributed by atoms with Gasteiger partial charge in [0.1, 0.15) is 0 Å². The van der Waals surface area contributed by atoms with Crippen LogP contribution in [0.3, 0.4) is 0 Å². The molecular weight excluding hydrogens is 206 g/mol. The van der Waals surface area contributed by atoms with Crippen LogP contribution in [0.15, 0.2) is 0 Å². The zero-order valence-corrected chi connectivity index (χ0v) is 11.3. The first-order valence-electron chi connectivity index (χ1n) is 6.53. The van der Waals surface area contributed by atoms with Crippen molar-refractivity contribution in [1.82, 2.24) is 4.90 Å². The lowest BCUT2D eigenvalue weighted by Crippen LogP contribution is -2.38. The molecule has 1 heterocycles. The fraction of sp³-hybridized carbons (Fsp3) is 1.00. The standard InChI is InChI=1S/C13H26ClN/c1-4-12(5-2)10-15-8-6-13(7-9-15)11(3)14/h11-13H,4-10H2,1-3H3. The summed E-state index contributed by atoms with van der Waals surface area (Å²) in [4.78, 5) is 2.63. The average Bonchev–Trinajstić information content (AvgIpc) is 2.26. The smallest absolute Gasteiger partial charge is 0.0337 e. The highest BCUT2D eigenvalue weighted by Gasteiger charge is 2.23. The molecule has 1 unspecified atom stereocenters. The zero-order valence-electron chi connectivity index (χ0n) is 10.5. The second-order valence-electron chi connectivity index (χ2n) is 5.00. The van der Waals surface area contributed by atoms with E-state index in [4.69, 9.17) is 11.6 Å². The molecule has 0 saturated carbocycles. The van der Waals surface area contributed by atoms with Crippen LogP contribution in [0.5, 0.6) is 0 Å². The van der Waals surface area contributed by atoms with Gasteiger partial charge in [0.2, 0.25) is 0 Å². The number of hydrogen-bond acceptors (Lipinski definition) is 1. The van der Waals surface area contributed by atoms with Crippen molar-refractivity contribution in [3.8, 4) is 0 Å². The highest BCUT2D eigenvalue weighted by atomic mass is 35.5. The maximum atomic E-state index is 6.15. The van der Waals surface area contributed by atoms with Crippen molar-refractivity contribution in [2.75, 3.05) is 19.6 Å². The van der Waals surface area contributed by atoms with Gasteiger partial charge in [-0.05, 0) is 44.7 Å². The predicted octanol–water partition coefficient (Wildman–Crippen LogP) is 3.76. The number of alkyl halides is 1. The van der Waals surface area contributed by atoms with Gasteiger partial charge in [0, 0.05) is 11.9 Å². The number of halogens is 1. The molecule has 90 valence electrons. The van der Waals surface area contributed by atoms with E-state index in [-0.39, 0.29) is 0 Å². The molecule has 0 aromatic carbocycles. The molecule has 1 saturated heterocycles. The molecule has 0 aromatic heterocycles. The van der Waals surface area contributed by atoms with E-state index in [1.54, 1.807) is 0 Å². The Bertz CT molecular complexity index is 158. The lowest BCUT2D eigenvalue weighted by Gasteiger charge is -2.34. The molecule has 1 nitrogen and oxygen atoms in total. The van der Waals surface area contributed by atoms with Crippen molar-refractivity contribution < 1.29 is 0 Å². The van der Waals surface area contributed by atoms with Gasteiger partial charge in [-0.3, -0.25) is 0 Å². The number of likely N-dealkylation sites (tertiary alicyclic amines) is 1. The van der Waals surface area contributed by atoms with E-state index in [9.17, 15) is 0 Å². The Balaban J connectivity index is 2.25. The molecule has 1 fully saturated rings. The van der Waals surface area contributed by atoms with Crippen LogP contribution in [-0.4, -0.2) is 29.9 Å². The monoisotopic (exact) mass is 231 g/mol. The van der Waals surface area contributed by atoms with E-state index >= 15 is 0 Å². The summed E-state index contributed by atoms with van der Waals surface area (Å²) in [6.07, 6.45) is 5.24. The maximum Gasteiger partial charge on any atom is 0.0337 e. The molecule has 0 radical (unpaired) electrons. The molecule has 1 rings (SSSR count). The summed E-state index contributed by atoms with van der Waals surface area (Å²) in [7, 11) is 0. The van der Waals surface area contributed by atoms with Crippen molar-refractivity contribution >= 4 is 11.6 Å². The zero-order chi connectivity index (χ0) is 11.3. The lowest BCUT2D eigenvalue weighted by atomic mass is 9.93. The Morgan fingerprint density at radius 2 is 1.73 bits per heavy atom. The summed E-state index contributed by atoms with van der Waals surface area (Å²) in [5.74, 6) is 1.65. The third-order valence-corrected chi connectivity index (χ3v) is 4.31. The third kappa shape index (κ3) is 4.32. The largest absolute Gasteiger partial charge is 0.303 e. The van der Waals surface area contributed by atoms with Crippen LogP contribution in [0.25, 0.3) is 0 Å². The molecule has 1 aliphatic rings. The number of nitrogens with zero attached hydrogens (tertiary/aromatic N) is 1. The quantitative estimate of drug-likeness (QED) is 0.652. The van der Waals surface area contributed by atoms with Crippen molar-refractivity contribution in [2.24, 2.45) is 11.8 Å². The van der Waals surface area contributed by atoms with Crippen molar-refractivity contribution in [3.05, 3.63) is 0 Å². The number of hydrogen-bond donors (Lipinski definition) is 0. The minimum atomic E-state index is 0.361. The molecular formula is C13H26ClN. The van der Waals surface area contributed by atoms with Crippen LogP contribution in [-0.2, 0) is 0 Å². The topological polar surface area (TPSA) is 3.24 Å². The summed E-state index contributed by atoms with van der Waals surface area (Å²) in [5.41, 5.74) is 0. The Hall–Kier alpha value is 0.250. The van der Waals surface area contributed by atoms with Crippen LogP contribution in [0, 0.1) is 11.8 Å². The van der Waals surface area contributed by atoms with Gasteiger partial charge in [-0.1, -0.05) is 26.7 Å². The average molecular weight is 232 g/mol. The van der Waals surface area contributed by atoms with Crippen LogP contribution < -0.4 is 0 Å². The summed E-state index contributed by atoms with van der Waals surface area (Å²) < 4.78 is 0. The highest BCUT2D eigenvalue weighted by molar-refractivity contribution is 6.20. The van der Waals surface area contributed by atoms with Crippen LogP contribution >= 0.6 is 11.6 Å². The van der Waals surface area contributed by atoms with E-state index in [0.717, 1.165) is 11.8 Å². The van der Waals surface area contributed by atoms with Crippen molar-refractivity contribution in [2.45, 2.75) is 51.8 Å². The number of piperidine rings is 1. The lowest BCUT2D eigenvalue weighted by molar-refractivity contribution is 0.156. The summed E-state index contributed by atoms with van der Waals surface area (Å²) >= 11 is 6.15. The molecule has 1 atom stereocenters. The second kappa shape index (κ2) is 6.75. The van der Waals surface area contributed by atoms with Crippen LogP contribution in [0.1, 0.15) is 46.5 Å². The SMILES string of the molecule is CCC(CC)CN1CCC(C(C)Cl)CC1. The first-order valence-corrected chi connectivity index (χ1v) is 6.97. The third-order valence-electron chi connectivity index (χ3n) is 3.95. The normalized spacial score (nSPS) is 22.2. The van der Waals surface area contributed by atoms with E-state index in [1.807, 2.05) is 0 Å². The minimum absolute atomic E-state index is 0.361. The Morgan fingerprint density at radius 1 is 1.20 bits per heavy atom. The Morgan fingerprint density at radius 3 is 2.13 bits per heavy atom. The molecule has 0 bridgehead atoms. The first-order chi connectivity index (χ1) is 7.17. The fourth-order valence-electron chi connectivity index (χ4n) is 2.51. The van der Waals surface area contributed by atoms with Crippen LogP contribution in [0.4, 0.5) is 0 Å². The van der Waals surface area contributed by atoms with Gasteiger partial charge in [0.25, 0.3) is 0 Å². The van der Waals surface area contributed by atoms with E-state index in [0.29, 0.717) is 5.38 Å².